The maximum atomic E-state index is 10.7. The van der Waals surface area contributed by atoms with Gasteiger partial charge in [0.25, 0.3) is 0 Å². The van der Waals surface area contributed by atoms with E-state index in [4.69, 9.17) is 27.1 Å². The molecule has 12 heteroatoms. The van der Waals surface area contributed by atoms with E-state index in [-0.39, 0.29) is 11.1 Å². The van der Waals surface area contributed by atoms with Crippen LogP contribution in [0.25, 0.3) is 10.9 Å². The van der Waals surface area contributed by atoms with Gasteiger partial charge in [-0.15, -0.1) is 0 Å². The SMILES string of the molecule is COc1ccc(CCCCC(O[SiH2]C(C)(C)C)c2ccc3ccc(CC(O)c4ccccc4)nc3c2)cc1.O=S(=O)(O)C(F)(F)F. The molecule has 0 saturated heterocycles. The Kier molecular flexibility index (Phi) is 13.3. The summed E-state index contributed by atoms with van der Waals surface area (Å²) in [6.07, 6.45) is 4.29. The van der Waals surface area contributed by atoms with E-state index in [1.165, 1.54) is 11.1 Å². The average molecular weight is 678 g/mol. The highest BCUT2D eigenvalue weighted by molar-refractivity contribution is 7.86. The second-order valence-corrected chi connectivity index (χ2v) is 16.4. The Balaban J connectivity index is 0.000000637. The first-order valence-corrected chi connectivity index (χ1v) is 17.7. The van der Waals surface area contributed by atoms with Crippen molar-refractivity contribution in [1.82, 2.24) is 4.98 Å². The third kappa shape index (κ3) is 12.1. The molecular formula is C34H42F3NO6SSi. The van der Waals surface area contributed by atoms with E-state index >= 15 is 0 Å². The molecule has 4 aromatic rings. The Morgan fingerprint density at radius 3 is 2.11 bits per heavy atom. The van der Waals surface area contributed by atoms with Gasteiger partial charge >= 0.3 is 15.6 Å². The van der Waals surface area contributed by atoms with Gasteiger partial charge in [-0.1, -0.05) is 87.9 Å². The third-order valence-corrected chi connectivity index (χ3v) is 9.10. The van der Waals surface area contributed by atoms with Crippen LogP contribution in [0.1, 0.15) is 74.6 Å². The van der Waals surface area contributed by atoms with Crippen LogP contribution in [0.4, 0.5) is 13.2 Å². The van der Waals surface area contributed by atoms with E-state index in [1.54, 1.807) is 7.11 Å². The van der Waals surface area contributed by atoms with Crippen LogP contribution >= 0.6 is 0 Å². The number of aromatic nitrogens is 1. The van der Waals surface area contributed by atoms with E-state index < -0.39 is 31.5 Å². The minimum absolute atomic E-state index is 0.0847. The molecule has 250 valence electrons. The zero-order valence-corrected chi connectivity index (χ0v) is 28.7. The maximum absolute atomic E-state index is 10.7. The van der Waals surface area contributed by atoms with Gasteiger partial charge in [0.2, 0.25) is 0 Å². The van der Waals surface area contributed by atoms with Gasteiger partial charge in [-0.2, -0.15) is 21.6 Å². The Hall–Kier alpha value is -3.29. The van der Waals surface area contributed by atoms with Crippen LogP contribution in [0.5, 0.6) is 5.75 Å². The lowest BCUT2D eigenvalue weighted by Crippen LogP contribution is -2.21. The van der Waals surface area contributed by atoms with Crippen molar-refractivity contribution in [2.24, 2.45) is 0 Å². The monoisotopic (exact) mass is 677 g/mol. The van der Waals surface area contributed by atoms with Gasteiger partial charge < -0.3 is 14.3 Å². The number of rotatable bonds is 12. The molecule has 2 unspecified atom stereocenters. The average Bonchev–Trinajstić information content (AvgIpc) is 3.00. The van der Waals surface area contributed by atoms with E-state index in [0.717, 1.165) is 53.6 Å². The molecule has 0 fully saturated rings. The molecule has 0 aliphatic carbocycles. The van der Waals surface area contributed by atoms with Crippen LogP contribution in [0, 0.1) is 0 Å². The molecule has 0 amide bonds. The summed E-state index contributed by atoms with van der Waals surface area (Å²) in [5.74, 6) is 0.900. The molecular weight excluding hydrogens is 636 g/mol. The van der Waals surface area contributed by atoms with Crippen molar-refractivity contribution in [2.75, 3.05) is 7.11 Å². The minimum Gasteiger partial charge on any atom is -0.497 e. The van der Waals surface area contributed by atoms with Crippen LogP contribution in [-0.2, 0) is 27.4 Å². The number of aryl methyl sites for hydroxylation is 1. The summed E-state index contributed by atoms with van der Waals surface area (Å²) in [5, 5.41) is 12.0. The first kappa shape index (κ1) is 37.2. The highest BCUT2D eigenvalue weighted by Gasteiger charge is 2.44. The second-order valence-electron chi connectivity index (χ2n) is 12.3. The number of benzene rings is 3. The molecule has 0 aliphatic heterocycles. The predicted octanol–water partition coefficient (Wildman–Crippen LogP) is 7.69. The van der Waals surface area contributed by atoms with Gasteiger partial charge in [0, 0.05) is 17.5 Å². The van der Waals surface area contributed by atoms with Crippen molar-refractivity contribution in [3.63, 3.8) is 0 Å². The highest BCUT2D eigenvalue weighted by atomic mass is 32.2. The largest absolute Gasteiger partial charge is 0.522 e. The minimum atomic E-state index is -5.84. The Morgan fingerprint density at radius 2 is 1.52 bits per heavy atom. The smallest absolute Gasteiger partial charge is 0.497 e. The van der Waals surface area contributed by atoms with Gasteiger partial charge in [0.1, 0.15) is 5.75 Å². The molecule has 1 aromatic heterocycles. The number of nitrogens with zero attached hydrogens (tertiary/aromatic N) is 1. The van der Waals surface area contributed by atoms with Crippen LogP contribution < -0.4 is 4.74 Å². The number of hydrogen-bond acceptors (Lipinski definition) is 6. The normalized spacial score (nSPS) is 13.8. The van der Waals surface area contributed by atoms with Crippen LogP contribution in [0.3, 0.4) is 0 Å². The molecule has 3 aromatic carbocycles. The number of aliphatic hydroxyl groups excluding tert-OH is 1. The lowest BCUT2D eigenvalue weighted by Gasteiger charge is -2.24. The van der Waals surface area contributed by atoms with Gasteiger partial charge in [-0.05, 0) is 65.3 Å². The highest BCUT2D eigenvalue weighted by Crippen LogP contribution is 2.31. The van der Waals surface area contributed by atoms with E-state index in [1.807, 2.05) is 48.5 Å². The van der Waals surface area contributed by atoms with Crippen molar-refractivity contribution in [2.45, 2.75) is 75.6 Å². The van der Waals surface area contributed by atoms with Crippen LogP contribution in [-0.4, -0.2) is 45.4 Å². The topological polar surface area (TPSA) is 106 Å². The number of alkyl halides is 3. The van der Waals surface area contributed by atoms with Crippen LogP contribution in [0.15, 0.2) is 84.9 Å². The van der Waals surface area contributed by atoms with Crippen molar-refractivity contribution in [3.05, 3.63) is 107 Å². The molecule has 2 atom stereocenters. The summed E-state index contributed by atoms with van der Waals surface area (Å²) in [5.41, 5.74) is -0.221. The van der Waals surface area contributed by atoms with Gasteiger partial charge in [-0.3, -0.25) is 9.54 Å². The molecule has 46 heavy (non-hydrogen) atoms. The first-order chi connectivity index (χ1) is 21.6. The lowest BCUT2D eigenvalue weighted by atomic mass is 9.99. The fourth-order valence-electron chi connectivity index (χ4n) is 4.63. The fraction of sp³-hybridized carbons (Fsp3) is 0.382. The zero-order chi connectivity index (χ0) is 34.0. The Bertz CT molecular complexity index is 1630. The summed E-state index contributed by atoms with van der Waals surface area (Å²) < 4.78 is 69.4. The van der Waals surface area contributed by atoms with Crippen LogP contribution in [0.2, 0.25) is 5.04 Å². The number of fused-ring (bicyclic) bond motifs is 1. The molecule has 0 bridgehead atoms. The number of aliphatic hydroxyl groups is 1. The van der Waals surface area contributed by atoms with Crippen molar-refractivity contribution < 1.29 is 40.4 Å². The number of methoxy groups -OCH3 is 1. The van der Waals surface area contributed by atoms with Crippen molar-refractivity contribution in [3.8, 4) is 5.75 Å². The molecule has 0 radical (unpaired) electrons. The van der Waals surface area contributed by atoms with Gasteiger partial charge in [0.15, 0.2) is 9.76 Å². The summed E-state index contributed by atoms with van der Waals surface area (Å²) in [4.78, 5) is 4.93. The first-order valence-electron chi connectivity index (χ1n) is 15.0. The molecule has 0 aliphatic rings. The van der Waals surface area contributed by atoms with Crippen molar-refractivity contribution in [1.29, 1.82) is 0 Å². The molecule has 1 heterocycles. The number of pyridine rings is 1. The standard InChI is InChI=1S/C33H41NO3Si.CHF3O3S/c1-33(2,3)38-37-32(13-9-8-10-24-14-20-29(36-4)21-15-24)27-17-16-25-18-19-28(34-30(25)22-27)23-31(35)26-11-6-5-7-12-26;2-1(3,4)8(5,6)7/h5-7,11-12,14-22,31-32,35H,8-10,13,23,38H2,1-4H3;(H,5,6,7). The second kappa shape index (κ2) is 16.5. The Labute approximate surface area is 271 Å². The number of halogens is 3. The maximum Gasteiger partial charge on any atom is 0.522 e. The fourth-order valence-corrected chi connectivity index (χ4v) is 5.69. The number of ether oxygens (including phenoxy) is 1. The van der Waals surface area contributed by atoms with E-state index in [9.17, 15) is 18.3 Å². The van der Waals surface area contributed by atoms with Gasteiger partial charge in [-0.25, -0.2) is 0 Å². The number of unbranched alkanes of at least 4 members (excludes halogenated alkanes) is 1. The Morgan fingerprint density at radius 1 is 0.891 bits per heavy atom. The van der Waals surface area contributed by atoms with Gasteiger partial charge in [0.05, 0.1) is 24.8 Å². The predicted molar refractivity (Wildman–Crippen MR) is 177 cm³/mol. The summed E-state index contributed by atoms with van der Waals surface area (Å²) in [7, 11) is -4.84. The quantitative estimate of drug-likeness (QED) is 0.0686. The van der Waals surface area contributed by atoms with Crippen molar-refractivity contribution >= 4 is 30.8 Å². The zero-order valence-electron chi connectivity index (χ0n) is 26.5. The molecule has 7 nitrogen and oxygen atoms in total. The van der Waals surface area contributed by atoms with E-state index in [0.29, 0.717) is 6.42 Å². The molecule has 0 spiro atoms. The molecule has 2 N–H and O–H groups in total. The van der Waals surface area contributed by atoms with E-state index in [2.05, 4.69) is 57.2 Å². The lowest BCUT2D eigenvalue weighted by molar-refractivity contribution is -0.0510. The molecule has 0 saturated carbocycles. The summed E-state index contributed by atoms with van der Waals surface area (Å²) in [6.45, 7) is 6.81. The third-order valence-electron chi connectivity index (χ3n) is 7.08. The number of hydrogen-bond donors (Lipinski definition) is 2. The summed E-state index contributed by atoms with van der Waals surface area (Å²) >= 11 is 0. The summed E-state index contributed by atoms with van der Waals surface area (Å²) in [6, 6.07) is 28.8. The molecule has 4 rings (SSSR count).